The molecule has 3 nitrogen and oxygen atoms in total. The molecular formula is C12H16N2O. The maximum Gasteiger partial charge on any atom is 0.247 e. The van der Waals surface area contributed by atoms with Crippen LogP contribution in [-0.2, 0) is 10.3 Å². The smallest absolute Gasteiger partial charge is 0.247 e. The van der Waals surface area contributed by atoms with Crippen LogP contribution >= 0.6 is 0 Å². The van der Waals surface area contributed by atoms with E-state index < -0.39 is 5.54 Å². The Morgan fingerprint density at radius 1 is 1.33 bits per heavy atom. The maximum absolute atomic E-state index is 12.0. The minimum atomic E-state index is -0.811. The first-order chi connectivity index (χ1) is 7.14. The number of hydrogen-bond donors (Lipinski definition) is 1. The third-order valence-corrected chi connectivity index (χ3v) is 3.08. The van der Waals surface area contributed by atoms with Gasteiger partial charge in [0.05, 0.1) is 0 Å². The first-order valence-electron chi connectivity index (χ1n) is 5.24. The van der Waals surface area contributed by atoms with Crippen LogP contribution in [0.2, 0.25) is 0 Å². The summed E-state index contributed by atoms with van der Waals surface area (Å²) in [4.78, 5) is 13.8. The summed E-state index contributed by atoms with van der Waals surface area (Å²) in [5.74, 6) is 0.0277. The minimum Gasteiger partial charge on any atom is -0.344 e. The Morgan fingerprint density at radius 3 is 2.67 bits per heavy atom. The number of hydrogen-bond acceptors (Lipinski definition) is 2. The van der Waals surface area contributed by atoms with Crippen molar-refractivity contribution >= 4 is 5.91 Å². The molecule has 0 aliphatic carbocycles. The van der Waals surface area contributed by atoms with Gasteiger partial charge >= 0.3 is 0 Å². The maximum atomic E-state index is 12.0. The summed E-state index contributed by atoms with van der Waals surface area (Å²) in [6, 6.07) is 9.63. The predicted octanol–water partition coefficient (Wildman–Crippen LogP) is 1.09. The average Bonchev–Trinajstić information content (AvgIpc) is 2.27. The summed E-state index contributed by atoms with van der Waals surface area (Å²) in [5, 5.41) is 0. The van der Waals surface area contributed by atoms with Gasteiger partial charge in [-0.05, 0) is 18.4 Å². The minimum absolute atomic E-state index is 0.0277. The van der Waals surface area contributed by atoms with E-state index in [0.717, 1.165) is 24.9 Å². The highest BCUT2D eigenvalue weighted by atomic mass is 16.2. The Kier molecular flexibility index (Phi) is 2.49. The Bertz CT molecular complexity index is 363. The zero-order valence-electron chi connectivity index (χ0n) is 8.94. The topological polar surface area (TPSA) is 46.3 Å². The molecule has 1 aliphatic heterocycles. The SMILES string of the molecule is CN1CCCC(N)(c2ccccc2)C1=O. The number of nitrogens with zero attached hydrogens (tertiary/aromatic N) is 1. The largest absolute Gasteiger partial charge is 0.344 e. The van der Waals surface area contributed by atoms with Gasteiger partial charge in [-0.2, -0.15) is 0 Å². The number of rotatable bonds is 1. The highest BCUT2D eigenvalue weighted by Gasteiger charge is 2.40. The first-order valence-corrected chi connectivity index (χ1v) is 5.24. The molecule has 2 N–H and O–H groups in total. The summed E-state index contributed by atoms with van der Waals surface area (Å²) < 4.78 is 0. The summed E-state index contributed by atoms with van der Waals surface area (Å²) in [6.45, 7) is 0.810. The summed E-state index contributed by atoms with van der Waals surface area (Å²) in [7, 11) is 1.81. The standard InChI is InChI=1S/C12H16N2O/c1-14-9-5-8-12(13,11(14)15)10-6-3-2-4-7-10/h2-4,6-7H,5,8-9,13H2,1H3. The van der Waals surface area contributed by atoms with Crippen LogP contribution in [0.25, 0.3) is 0 Å². The van der Waals surface area contributed by atoms with Crippen molar-refractivity contribution in [1.82, 2.24) is 4.90 Å². The van der Waals surface area contributed by atoms with Gasteiger partial charge < -0.3 is 10.6 Å². The second-order valence-corrected chi connectivity index (χ2v) is 4.17. The van der Waals surface area contributed by atoms with Gasteiger partial charge in [-0.25, -0.2) is 0 Å². The molecule has 1 unspecified atom stereocenters. The molecular weight excluding hydrogens is 188 g/mol. The van der Waals surface area contributed by atoms with Crippen LogP contribution in [-0.4, -0.2) is 24.4 Å². The molecule has 0 spiro atoms. The molecule has 3 heteroatoms. The van der Waals surface area contributed by atoms with Crippen LogP contribution < -0.4 is 5.73 Å². The highest BCUT2D eigenvalue weighted by molar-refractivity contribution is 5.88. The summed E-state index contributed by atoms with van der Waals surface area (Å²) in [6.07, 6.45) is 1.70. The lowest BCUT2D eigenvalue weighted by atomic mass is 9.82. The lowest BCUT2D eigenvalue weighted by molar-refractivity contribution is -0.139. The van der Waals surface area contributed by atoms with Gasteiger partial charge in [-0.15, -0.1) is 0 Å². The Labute approximate surface area is 89.9 Å². The number of nitrogens with two attached hydrogens (primary N) is 1. The van der Waals surface area contributed by atoms with Crippen molar-refractivity contribution < 1.29 is 4.79 Å². The van der Waals surface area contributed by atoms with Crippen LogP contribution in [0, 0.1) is 0 Å². The molecule has 2 rings (SSSR count). The normalized spacial score (nSPS) is 26.8. The van der Waals surface area contributed by atoms with Gasteiger partial charge in [0.1, 0.15) is 5.54 Å². The molecule has 80 valence electrons. The van der Waals surface area contributed by atoms with E-state index in [9.17, 15) is 4.79 Å². The van der Waals surface area contributed by atoms with Crippen molar-refractivity contribution in [2.24, 2.45) is 5.73 Å². The molecule has 0 radical (unpaired) electrons. The molecule has 1 amide bonds. The van der Waals surface area contributed by atoms with Crippen molar-refractivity contribution in [3.63, 3.8) is 0 Å². The van der Waals surface area contributed by atoms with E-state index >= 15 is 0 Å². The van der Waals surface area contributed by atoms with Gasteiger partial charge in [0, 0.05) is 13.6 Å². The van der Waals surface area contributed by atoms with Crippen molar-refractivity contribution in [2.75, 3.05) is 13.6 Å². The van der Waals surface area contributed by atoms with E-state index in [1.165, 1.54) is 0 Å². The van der Waals surface area contributed by atoms with E-state index in [0.29, 0.717) is 0 Å². The number of carbonyl (C=O) groups is 1. The molecule has 1 atom stereocenters. The third kappa shape index (κ3) is 1.63. The van der Waals surface area contributed by atoms with Crippen molar-refractivity contribution in [3.8, 4) is 0 Å². The third-order valence-electron chi connectivity index (χ3n) is 3.08. The summed E-state index contributed by atoms with van der Waals surface area (Å²) >= 11 is 0. The fraction of sp³-hybridized carbons (Fsp3) is 0.417. The molecule has 15 heavy (non-hydrogen) atoms. The lowest BCUT2D eigenvalue weighted by Gasteiger charge is -2.37. The van der Waals surface area contributed by atoms with Gasteiger partial charge in [0.15, 0.2) is 0 Å². The zero-order chi connectivity index (χ0) is 10.9. The Balaban J connectivity index is 2.37. The fourth-order valence-corrected chi connectivity index (χ4v) is 2.15. The monoisotopic (exact) mass is 204 g/mol. The van der Waals surface area contributed by atoms with E-state index in [1.807, 2.05) is 37.4 Å². The Morgan fingerprint density at radius 2 is 2.00 bits per heavy atom. The van der Waals surface area contributed by atoms with Gasteiger partial charge in [-0.3, -0.25) is 4.79 Å². The average molecular weight is 204 g/mol. The van der Waals surface area contributed by atoms with Crippen LogP contribution in [0.3, 0.4) is 0 Å². The molecule has 1 aromatic rings. The van der Waals surface area contributed by atoms with Crippen molar-refractivity contribution in [2.45, 2.75) is 18.4 Å². The number of amides is 1. The van der Waals surface area contributed by atoms with E-state index in [2.05, 4.69) is 0 Å². The summed E-state index contributed by atoms with van der Waals surface area (Å²) in [5.41, 5.74) is 6.33. The lowest BCUT2D eigenvalue weighted by Crippen LogP contribution is -2.55. The van der Waals surface area contributed by atoms with Gasteiger partial charge in [0.25, 0.3) is 0 Å². The fourth-order valence-electron chi connectivity index (χ4n) is 2.15. The molecule has 0 bridgehead atoms. The van der Waals surface area contributed by atoms with Crippen LogP contribution in [0.5, 0.6) is 0 Å². The molecule has 1 aromatic carbocycles. The number of piperidine rings is 1. The van der Waals surface area contributed by atoms with Crippen molar-refractivity contribution in [1.29, 1.82) is 0 Å². The van der Waals surface area contributed by atoms with Crippen LogP contribution in [0.15, 0.2) is 30.3 Å². The molecule has 0 saturated carbocycles. The van der Waals surface area contributed by atoms with Gasteiger partial charge in [-0.1, -0.05) is 30.3 Å². The number of likely N-dealkylation sites (tertiary alicyclic amines) is 1. The molecule has 1 saturated heterocycles. The predicted molar refractivity (Wildman–Crippen MR) is 59.2 cm³/mol. The quantitative estimate of drug-likeness (QED) is 0.744. The zero-order valence-corrected chi connectivity index (χ0v) is 8.94. The van der Waals surface area contributed by atoms with E-state index in [-0.39, 0.29) is 5.91 Å². The molecule has 1 fully saturated rings. The highest BCUT2D eigenvalue weighted by Crippen LogP contribution is 2.29. The number of benzene rings is 1. The Hall–Kier alpha value is -1.35. The van der Waals surface area contributed by atoms with Crippen molar-refractivity contribution in [3.05, 3.63) is 35.9 Å². The molecule has 0 aromatic heterocycles. The van der Waals surface area contributed by atoms with E-state index in [4.69, 9.17) is 5.73 Å². The second kappa shape index (κ2) is 3.66. The number of carbonyl (C=O) groups excluding carboxylic acids is 1. The number of likely N-dealkylation sites (N-methyl/N-ethyl adjacent to an activating group) is 1. The van der Waals surface area contributed by atoms with Gasteiger partial charge in [0.2, 0.25) is 5.91 Å². The van der Waals surface area contributed by atoms with E-state index in [1.54, 1.807) is 4.90 Å². The molecule has 1 heterocycles. The second-order valence-electron chi connectivity index (χ2n) is 4.17. The first kappa shape index (κ1) is 10.2. The molecule has 1 aliphatic rings. The van der Waals surface area contributed by atoms with Crippen LogP contribution in [0.1, 0.15) is 18.4 Å². The van der Waals surface area contributed by atoms with Crippen LogP contribution in [0.4, 0.5) is 0 Å².